The number of aliphatic carboxylic acids is 1. The largest absolute Gasteiger partial charge is 0.480 e. The van der Waals surface area contributed by atoms with Crippen molar-refractivity contribution in [2.45, 2.75) is 6.42 Å². The van der Waals surface area contributed by atoms with Crippen molar-refractivity contribution in [2.24, 2.45) is 0 Å². The number of benzene rings is 1. The van der Waals surface area contributed by atoms with Gasteiger partial charge in [0.15, 0.2) is 0 Å². The van der Waals surface area contributed by atoms with E-state index in [1.165, 1.54) is 24.5 Å². The van der Waals surface area contributed by atoms with Crippen LogP contribution in [0, 0.1) is 5.82 Å². The first-order valence-electron chi connectivity index (χ1n) is 5.20. The number of carbonyl (C=O) groups is 2. The van der Waals surface area contributed by atoms with Gasteiger partial charge in [0, 0.05) is 10.9 Å². The summed E-state index contributed by atoms with van der Waals surface area (Å²) in [7, 11) is 0. The zero-order chi connectivity index (χ0) is 13.1. The molecule has 2 N–H and O–H groups in total. The summed E-state index contributed by atoms with van der Waals surface area (Å²) in [4.78, 5) is 21.7. The van der Waals surface area contributed by atoms with Gasteiger partial charge in [-0.05, 0) is 18.2 Å². The Hall–Kier alpha value is -2.37. The summed E-state index contributed by atoms with van der Waals surface area (Å²) in [6.07, 6.45) is 1.31. The fourth-order valence-electron chi connectivity index (χ4n) is 1.60. The fourth-order valence-corrected chi connectivity index (χ4v) is 1.60. The van der Waals surface area contributed by atoms with E-state index in [-0.39, 0.29) is 6.42 Å². The minimum Gasteiger partial charge on any atom is -0.480 e. The van der Waals surface area contributed by atoms with E-state index in [2.05, 4.69) is 5.32 Å². The number of halogens is 1. The van der Waals surface area contributed by atoms with Crippen LogP contribution in [0.5, 0.6) is 0 Å². The highest BCUT2D eigenvalue weighted by Gasteiger charge is 2.11. The summed E-state index contributed by atoms with van der Waals surface area (Å²) in [5, 5.41) is 11.2. The average Bonchev–Trinajstić information content (AvgIpc) is 2.69. The van der Waals surface area contributed by atoms with Crippen molar-refractivity contribution in [3.8, 4) is 0 Å². The van der Waals surface area contributed by atoms with E-state index in [0.29, 0.717) is 16.5 Å². The number of nitrogens with one attached hydrogen (secondary N) is 1. The van der Waals surface area contributed by atoms with Gasteiger partial charge in [-0.1, -0.05) is 0 Å². The molecule has 6 heteroatoms. The lowest BCUT2D eigenvalue weighted by Gasteiger charge is -2.00. The molecule has 0 radical (unpaired) electrons. The summed E-state index contributed by atoms with van der Waals surface area (Å²) in [5.41, 5.74) is 1.00. The number of carbonyl (C=O) groups excluding carboxylic acids is 1. The van der Waals surface area contributed by atoms with Gasteiger partial charge in [-0.25, -0.2) is 4.39 Å². The topological polar surface area (TPSA) is 79.5 Å². The highest BCUT2D eigenvalue weighted by molar-refractivity contribution is 5.88. The van der Waals surface area contributed by atoms with E-state index in [9.17, 15) is 14.0 Å². The standard InChI is InChI=1S/C12H10FNO4/c13-8-1-2-10-9(4-8)7(6-18-10)3-11(15)14-5-12(16)17/h1-2,4,6H,3,5H2,(H,14,15)(H,16,17). The number of carboxylic acid groups (broad SMARTS) is 1. The number of hydrogen-bond donors (Lipinski definition) is 2. The Bertz CT molecular complexity index is 605. The van der Waals surface area contributed by atoms with Crippen LogP contribution in [0.4, 0.5) is 4.39 Å². The van der Waals surface area contributed by atoms with Gasteiger partial charge in [-0.15, -0.1) is 0 Å². The monoisotopic (exact) mass is 251 g/mol. The van der Waals surface area contributed by atoms with E-state index in [0.717, 1.165) is 0 Å². The SMILES string of the molecule is O=C(O)CNC(=O)Cc1coc2ccc(F)cc12. The van der Waals surface area contributed by atoms with Gasteiger partial charge in [0.25, 0.3) is 0 Å². The van der Waals surface area contributed by atoms with Crippen molar-refractivity contribution in [3.63, 3.8) is 0 Å². The second-order valence-electron chi connectivity index (χ2n) is 3.75. The molecule has 0 bridgehead atoms. The number of fused-ring (bicyclic) bond motifs is 1. The molecule has 2 aromatic rings. The summed E-state index contributed by atoms with van der Waals surface area (Å²) in [5.74, 6) is -1.99. The van der Waals surface area contributed by atoms with Crippen LogP contribution in [0.3, 0.4) is 0 Å². The molecule has 1 heterocycles. The molecule has 0 aliphatic heterocycles. The molecule has 1 amide bonds. The molecule has 0 atom stereocenters. The molecule has 0 aliphatic carbocycles. The molecule has 94 valence electrons. The third-order valence-corrected chi connectivity index (χ3v) is 2.40. The lowest BCUT2D eigenvalue weighted by molar-refractivity contribution is -0.137. The molecule has 1 aromatic heterocycles. The molecule has 0 saturated carbocycles. The summed E-state index contributed by atoms with van der Waals surface area (Å²) in [6.45, 7) is -0.441. The van der Waals surface area contributed by atoms with Crippen LogP contribution >= 0.6 is 0 Å². The van der Waals surface area contributed by atoms with Crippen molar-refractivity contribution < 1.29 is 23.5 Å². The zero-order valence-corrected chi connectivity index (χ0v) is 9.27. The highest BCUT2D eigenvalue weighted by Crippen LogP contribution is 2.22. The third kappa shape index (κ3) is 2.65. The molecular weight excluding hydrogens is 241 g/mol. The Kier molecular flexibility index (Phi) is 3.27. The molecule has 0 unspecified atom stereocenters. The molecule has 0 saturated heterocycles. The van der Waals surface area contributed by atoms with Gasteiger partial charge >= 0.3 is 5.97 Å². The first kappa shape index (κ1) is 12.1. The highest BCUT2D eigenvalue weighted by atomic mass is 19.1. The zero-order valence-electron chi connectivity index (χ0n) is 9.27. The van der Waals surface area contributed by atoms with Crippen LogP contribution in [0.1, 0.15) is 5.56 Å². The predicted octanol–water partition coefficient (Wildman–Crippen LogP) is 1.32. The van der Waals surface area contributed by atoms with E-state index >= 15 is 0 Å². The lowest BCUT2D eigenvalue weighted by atomic mass is 10.1. The molecule has 0 spiro atoms. The lowest BCUT2D eigenvalue weighted by Crippen LogP contribution is -2.30. The first-order chi connectivity index (χ1) is 8.56. The number of amides is 1. The Morgan fingerprint density at radius 3 is 2.89 bits per heavy atom. The minimum absolute atomic E-state index is 0.0519. The number of furan rings is 1. The van der Waals surface area contributed by atoms with Gasteiger partial charge in [0.2, 0.25) is 5.91 Å². The minimum atomic E-state index is -1.12. The Morgan fingerprint density at radius 1 is 1.39 bits per heavy atom. The maximum atomic E-state index is 13.1. The molecule has 18 heavy (non-hydrogen) atoms. The van der Waals surface area contributed by atoms with Crippen molar-refractivity contribution >= 4 is 22.8 Å². The Labute approximate surface area is 101 Å². The quantitative estimate of drug-likeness (QED) is 0.858. The van der Waals surface area contributed by atoms with Gasteiger partial charge in [0.1, 0.15) is 17.9 Å². The number of hydrogen-bond acceptors (Lipinski definition) is 3. The molecule has 0 aliphatic rings. The molecule has 0 fully saturated rings. The van der Waals surface area contributed by atoms with E-state index in [1.807, 2.05) is 0 Å². The van der Waals surface area contributed by atoms with Gasteiger partial charge in [0.05, 0.1) is 12.7 Å². The van der Waals surface area contributed by atoms with E-state index < -0.39 is 24.2 Å². The number of rotatable bonds is 4. The molecule has 1 aromatic carbocycles. The first-order valence-corrected chi connectivity index (χ1v) is 5.20. The predicted molar refractivity (Wildman–Crippen MR) is 60.5 cm³/mol. The second-order valence-corrected chi connectivity index (χ2v) is 3.75. The second kappa shape index (κ2) is 4.87. The van der Waals surface area contributed by atoms with E-state index in [1.54, 1.807) is 0 Å². The molecule has 2 rings (SSSR count). The smallest absolute Gasteiger partial charge is 0.322 e. The normalized spacial score (nSPS) is 10.5. The van der Waals surface area contributed by atoms with Crippen LogP contribution in [-0.2, 0) is 16.0 Å². The molecular formula is C12H10FNO4. The van der Waals surface area contributed by atoms with Gasteiger partial charge < -0.3 is 14.8 Å². The van der Waals surface area contributed by atoms with Crippen molar-refractivity contribution in [2.75, 3.05) is 6.54 Å². The van der Waals surface area contributed by atoms with Crippen LogP contribution < -0.4 is 5.32 Å². The summed E-state index contributed by atoms with van der Waals surface area (Å²) >= 11 is 0. The van der Waals surface area contributed by atoms with E-state index in [4.69, 9.17) is 9.52 Å². The average molecular weight is 251 g/mol. The summed E-state index contributed by atoms with van der Waals surface area (Å²) < 4.78 is 18.2. The maximum absolute atomic E-state index is 13.1. The van der Waals surface area contributed by atoms with Crippen molar-refractivity contribution in [1.29, 1.82) is 0 Å². The van der Waals surface area contributed by atoms with Crippen molar-refractivity contribution in [1.82, 2.24) is 5.32 Å². The van der Waals surface area contributed by atoms with Crippen LogP contribution in [0.15, 0.2) is 28.9 Å². The Balaban J connectivity index is 2.14. The summed E-state index contributed by atoms with van der Waals surface area (Å²) in [6, 6.07) is 4.02. The number of carboxylic acids is 1. The third-order valence-electron chi connectivity index (χ3n) is 2.40. The van der Waals surface area contributed by atoms with Gasteiger partial charge in [-0.2, -0.15) is 0 Å². The Morgan fingerprint density at radius 2 is 2.17 bits per heavy atom. The fraction of sp³-hybridized carbons (Fsp3) is 0.167. The maximum Gasteiger partial charge on any atom is 0.322 e. The van der Waals surface area contributed by atoms with Gasteiger partial charge in [-0.3, -0.25) is 9.59 Å². The van der Waals surface area contributed by atoms with Crippen LogP contribution in [-0.4, -0.2) is 23.5 Å². The van der Waals surface area contributed by atoms with Crippen LogP contribution in [0.2, 0.25) is 0 Å². The van der Waals surface area contributed by atoms with Crippen LogP contribution in [0.25, 0.3) is 11.0 Å². The molecule has 5 nitrogen and oxygen atoms in total. The van der Waals surface area contributed by atoms with Crippen molar-refractivity contribution in [3.05, 3.63) is 35.8 Å².